The largest absolute Gasteiger partial charge is 0.353 e. The Hall–Kier alpha value is -0.950. The quantitative estimate of drug-likeness (QED) is 0.663. The van der Waals surface area contributed by atoms with Gasteiger partial charge in [-0.1, -0.05) is 0 Å². The molecule has 25 heavy (non-hydrogen) atoms. The molecule has 1 aliphatic heterocycles. The molecule has 0 aliphatic carbocycles. The van der Waals surface area contributed by atoms with Crippen LogP contribution in [0.3, 0.4) is 0 Å². The first-order valence-corrected chi connectivity index (χ1v) is 9.64. The van der Waals surface area contributed by atoms with E-state index in [1.807, 2.05) is 11.6 Å². The van der Waals surface area contributed by atoms with Crippen LogP contribution in [0.1, 0.15) is 30.5 Å². The molecular formula is C18H20BrClFNO3. The van der Waals surface area contributed by atoms with Gasteiger partial charge in [0.1, 0.15) is 5.82 Å². The Morgan fingerprint density at radius 1 is 1.44 bits per heavy atom. The summed E-state index contributed by atoms with van der Waals surface area (Å²) in [6.45, 7) is 1.12. The lowest BCUT2D eigenvalue weighted by Crippen LogP contribution is -2.23. The molecule has 1 atom stereocenters. The molecular weight excluding hydrogens is 413 g/mol. The number of hydrogen-bond acceptors (Lipinski definition) is 3. The third-order valence-electron chi connectivity index (χ3n) is 4.53. The van der Waals surface area contributed by atoms with E-state index in [0.29, 0.717) is 34.1 Å². The van der Waals surface area contributed by atoms with E-state index in [1.165, 1.54) is 12.1 Å². The molecule has 7 heteroatoms. The van der Waals surface area contributed by atoms with Crippen molar-refractivity contribution in [3.05, 3.63) is 43.9 Å². The summed E-state index contributed by atoms with van der Waals surface area (Å²) in [6.07, 6.45) is 3.34. The van der Waals surface area contributed by atoms with Crippen molar-refractivity contribution in [2.45, 2.75) is 37.9 Å². The lowest BCUT2D eigenvalue weighted by molar-refractivity contribution is -0.161. The Morgan fingerprint density at radius 2 is 2.24 bits per heavy atom. The Kier molecular flexibility index (Phi) is 6.15. The number of benzene rings is 1. The van der Waals surface area contributed by atoms with Gasteiger partial charge in [0.05, 0.1) is 33.6 Å². The minimum Gasteiger partial charge on any atom is -0.353 e. The molecule has 1 unspecified atom stereocenters. The fraction of sp³-hybridized carbons (Fsp3) is 0.500. The van der Waals surface area contributed by atoms with Gasteiger partial charge in [-0.3, -0.25) is 4.79 Å². The van der Waals surface area contributed by atoms with Gasteiger partial charge < -0.3 is 14.0 Å². The highest BCUT2D eigenvalue weighted by atomic mass is 79.9. The number of nitrogens with zero attached hydrogens (tertiary/aromatic N) is 1. The average Bonchev–Trinajstić information content (AvgIpc) is 2.61. The molecule has 0 radical (unpaired) electrons. The van der Waals surface area contributed by atoms with Gasteiger partial charge >= 0.3 is 0 Å². The minimum atomic E-state index is -0.431. The second-order valence-electron chi connectivity index (χ2n) is 6.16. The normalized spacial score (nSPS) is 18.0. The predicted molar refractivity (Wildman–Crippen MR) is 99.7 cm³/mol. The maximum Gasteiger partial charge on any atom is 0.203 e. The summed E-state index contributed by atoms with van der Waals surface area (Å²) in [7, 11) is 1.83. The molecule has 0 bridgehead atoms. The first-order chi connectivity index (χ1) is 12.0. The first-order valence-electron chi connectivity index (χ1n) is 8.31. The van der Waals surface area contributed by atoms with Crippen LogP contribution < -0.4 is 5.43 Å². The number of ether oxygens (including phenoxy) is 2. The molecule has 1 fully saturated rings. The molecule has 0 amide bonds. The topological polar surface area (TPSA) is 40.5 Å². The molecule has 1 aromatic carbocycles. The summed E-state index contributed by atoms with van der Waals surface area (Å²) >= 11 is 9.28. The van der Waals surface area contributed by atoms with Crippen LogP contribution in [0, 0.1) is 5.82 Å². The van der Waals surface area contributed by atoms with Crippen LogP contribution in [0.4, 0.5) is 4.39 Å². The summed E-state index contributed by atoms with van der Waals surface area (Å²) in [4.78, 5) is 12.5. The van der Waals surface area contributed by atoms with E-state index < -0.39 is 5.82 Å². The van der Waals surface area contributed by atoms with Crippen LogP contribution in [0.25, 0.3) is 10.9 Å². The zero-order valence-corrected chi connectivity index (χ0v) is 16.3. The van der Waals surface area contributed by atoms with E-state index in [2.05, 4.69) is 15.9 Å². The molecule has 1 aliphatic rings. The van der Waals surface area contributed by atoms with Crippen molar-refractivity contribution in [2.75, 3.05) is 13.2 Å². The Morgan fingerprint density at radius 3 is 2.92 bits per heavy atom. The predicted octanol–water partition coefficient (Wildman–Crippen LogP) is 4.26. The first kappa shape index (κ1) is 18.8. The van der Waals surface area contributed by atoms with Crippen molar-refractivity contribution < 1.29 is 13.9 Å². The van der Waals surface area contributed by atoms with Crippen molar-refractivity contribution in [3.8, 4) is 0 Å². The fourth-order valence-corrected chi connectivity index (χ4v) is 4.33. The SMILES string of the molecule is Cn1c(CCl)c(Br)c(=O)c2cc(F)cc(CCOC3CCCCO3)c21. The Bertz CT molecular complexity index is 833. The maximum atomic E-state index is 14.0. The number of fused-ring (bicyclic) bond motifs is 1. The van der Waals surface area contributed by atoms with Gasteiger partial charge in [0.2, 0.25) is 5.43 Å². The van der Waals surface area contributed by atoms with Crippen LogP contribution in [0.2, 0.25) is 0 Å². The van der Waals surface area contributed by atoms with Crippen molar-refractivity contribution in [3.63, 3.8) is 0 Å². The van der Waals surface area contributed by atoms with Crippen LogP contribution in [-0.2, 0) is 28.8 Å². The number of alkyl halides is 1. The van der Waals surface area contributed by atoms with E-state index in [9.17, 15) is 9.18 Å². The zero-order valence-electron chi connectivity index (χ0n) is 14.0. The molecule has 4 nitrogen and oxygen atoms in total. The highest BCUT2D eigenvalue weighted by molar-refractivity contribution is 9.10. The summed E-state index contributed by atoms with van der Waals surface area (Å²) in [6, 6.07) is 2.73. The zero-order chi connectivity index (χ0) is 18.0. The average molecular weight is 433 g/mol. The highest BCUT2D eigenvalue weighted by Crippen LogP contribution is 2.25. The standard InChI is InChI=1S/C18H20BrClFNO3/c1-22-14(10-20)16(19)18(23)13-9-12(21)8-11(17(13)22)5-7-25-15-4-2-3-6-24-15/h8-9,15H,2-7,10H2,1H3. The van der Waals surface area contributed by atoms with Crippen molar-refractivity contribution in [1.82, 2.24) is 4.57 Å². The maximum absolute atomic E-state index is 14.0. The minimum absolute atomic E-state index is 0.186. The molecule has 0 saturated carbocycles. The van der Waals surface area contributed by atoms with Crippen molar-refractivity contribution in [1.29, 1.82) is 0 Å². The molecule has 0 spiro atoms. The number of hydrogen-bond donors (Lipinski definition) is 0. The van der Waals surface area contributed by atoms with E-state index in [0.717, 1.165) is 31.4 Å². The van der Waals surface area contributed by atoms with Gasteiger partial charge in [0, 0.05) is 13.7 Å². The van der Waals surface area contributed by atoms with Gasteiger partial charge in [-0.05, 0) is 59.3 Å². The molecule has 1 saturated heterocycles. The van der Waals surface area contributed by atoms with Crippen LogP contribution >= 0.6 is 27.5 Å². The van der Waals surface area contributed by atoms with Crippen molar-refractivity contribution >= 4 is 38.4 Å². The van der Waals surface area contributed by atoms with E-state index >= 15 is 0 Å². The summed E-state index contributed by atoms with van der Waals surface area (Å²) in [5.41, 5.74) is 1.84. The second kappa shape index (κ2) is 8.16. The molecule has 136 valence electrons. The molecule has 1 aromatic heterocycles. The van der Waals surface area contributed by atoms with Gasteiger partial charge in [0.25, 0.3) is 0 Å². The molecule has 2 heterocycles. The highest BCUT2D eigenvalue weighted by Gasteiger charge is 2.18. The second-order valence-corrected chi connectivity index (χ2v) is 7.22. The van der Waals surface area contributed by atoms with Gasteiger partial charge in [-0.2, -0.15) is 0 Å². The number of aromatic nitrogens is 1. The third-order valence-corrected chi connectivity index (χ3v) is 5.60. The fourth-order valence-electron chi connectivity index (χ4n) is 3.24. The van der Waals surface area contributed by atoms with Gasteiger partial charge in [-0.15, -0.1) is 11.6 Å². The van der Waals surface area contributed by atoms with Crippen LogP contribution in [0.5, 0.6) is 0 Å². The summed E-state index contributed by atoms with van der Waals surface area (Å²) in [5, 5.41) is 0.340. The monoisotopic (exact) mass is 431 g/mol. The molecule has 2 aromatic rings. The van der Waals surface area contributed by atoms with Crippen LogP contribution in [0.15, 0.2) is 21.4 Å². The lowest BCUT2D eigenvalue weighted by Gasteiger charge is -2.23. The third kappa shape index (κ3) is 3.92. The number of halogens is 3. The number of aryl methyl sites for hydroxylation is 1. The lowest BCUT2D eigenvalue weighted by atomic mass is 10.1. The smallest absolute Gasteiger partial charge is 0.203 e. The molecule has 3 rings (SSSR count). The Balaban J connectivity index is 1.94. The van der Waals surface area contributed by atoms with E-state index in [1.54, 1.807) is 0 Å². The van der Waals surface area contributed by atoms with Gasteiger partial charge in [0.15, 0.2) is 6.29 Å². The number of pyridine rings is 1. The van der Waals surface area contributed by atoms with E-state index in [-0.39, 0.29) is 17.6 Å². The Labute approximate surface area is 159 Å². The number of rotatable bonds is 5. The molecule has 0 N–H and O–H groups in total. The van der Waals surface area contributed by atoms with Crippen molar-refractivity contribution in [2.24, 2.45) is 7.05 Å². The van der Waals surface area contributed by atoms with E-state index in [4.69, 9.17) is 21.1 Å². The van der Waals surface area contributed by atoms with Crippen LogP contribution in [-0.4, -0.2) is 24.1 Å². The van der Waals surface area contributed by atoms with Gasteiger partial charge in [-0.25, -0.2) is 4.39 Å². The summed E-state index contributed by atoms with van der Waals surface area (Å²) < 4.78 is 27.6. The summed E-state index contributed by atoms with van der Waals surface area (Å²) in [5.74, 6) is -0.245.